The first kappa shape index (κ1) is 24.8. The van der Waals surface area contributed by atoms with Crippen molar-refractivity contribution in [2.75, 3.05) is 26.2 Å². The van der Waals surface area contributed by atoms with Gasteiger partial charge in [-0.3, -0.25) is 9.59 Å². The number of benzene rings is 1. The highest BCUT2D eigenvalue weighted by molar-refractivity contribution is 6.00. The van der Waals surface area contributed by atoms with E-state index >= 15 is 0 Å². The van der Waals surface area contributed by atoms with Gasteiger partial charge >= 0.3 is 0 Å². The van der Waals surface area contributed by atoms with Crippen LogP contribution in [0.3, 0.4) is 0 Å². The van der Waals surface area contributed by atoms with Crippen molar-refractivity contribution in [3.63, 3.8) is 0 Å². The average Bonchev–Trinajstić information content (AvgIpc) is 2.76. The van der Waals surface area contributed by atoms with Crippen molar-refractivity contribution in [1.29, 1.82) is 0 Å². The first-order valence-corrected chi connectivity index (χ1v) is 12.7. The summed E-state index contributed by atoms with van der Waals surface area (Å²) in [4.78, 5) is 31.1. The fourth-order valence-corrected chi connectivity index (χ4v) is 5.27. The molecule has 3 rings (SSSR count). The molecule has 32 heavy (non-hydrogen) atoms. The molecule has 0 unspecified atom stereocenters. The van der Waals surface area contributed by atoms with Gasteiger partial charge in [-0.1, -0.05) is 64.4 Å². The van der Waals surface area contributed by atoms with E-state index in [1.54, 1.807) is 0 Å². The minimum atomic E-state index is -0.654. The Hall–Kier alpha value is -1.88. The van der Waals surface area contributed by atoms with Gasteiger partial charge in [-0.15, -0.1) is 0 Å². The summed E-state index contributed by atoms with van der Waals surface area (Å²) < 4.78 is 0. The molecule has 2 aliphatic rings. The monoisotopic (exact) mass is 441 g/mol. The Kier molecular flexibility index (Phi) is 8.75. The second-order valence-corrected chi connectivity index (χ2v) is 10.7. The summed E-state index contributed by atoms with van der Waals surface area (Å²) in [6, 6.07) is 10.3. The van der Waals surface area contributed by atoms with E-state index in [9.17, 15) is 9.59 Å². The normalized spacial score (nSPS) is 21.6. The molecule has 1 aromatic carbocycles. The second-order valence-electron chi connectivity index (χ2n) is 10.7. The summed E-state index contributed by atoms with van der Waals surface area (Å²) in [5, 5.41) is 3.10. The third kappa shape index (κ3) is 6.12. The fourth-order valence-electron chi connectivity index (χ4n) is 5.27. The van der Waals surface area contributed by atoms with Gasteiger partial charge in [-0.05, 0) is 62.5 Å². The minimum Gasteiger partial charge on any atom is -0.342 e. The molecule has 1 aromatic rings. The smallest absolute Gasteiger partial charge is 0.246 e. The highest BCUT2D eigenvalue weighted by Gasteiger charge is 2.53. The molecule has 0 bridgehead atoms. The summed E-state index contributed by atoms with van der Waals surface area (Å²) in [6.45, 7) is 12.0. The predicted molar refractivity (Wildman–Crippen MR) is 130 cm³/mol. The van der Waals surface area contributed by atoms with Gasteiger partial charge in [0.15, 0.2) is 0 Å². The molecule has 2 saturated heterocycles. The van der Waals surface area contributed by atoms with Crippen LogP contribution in [-0.2, 0) is 16.0 Å². The van der Waals surface area contributed by atoms with E-state index in [-0.39, 0.29) is 17.9 Å². The van der Waals surface area contributed by atoms with E-state index in [0.29, 0.717) is 24.8 Å². The third-order valence-corrected chi connectivity index (χ3v) is 7.03. The maximum Gasteiger partial charge on any atom is 0.246 e. The van der Waals surface area contributed by atoms with Crippen molar-refractivity contribution in [3.05, 3.63) is 35.9 Å². The molecule has 0 radical (unpaired) electrons. The Bertz CT molecular complexity index is 739. The number of hydrogen-bond acceptors (Lipinski definition) is 3. The molecule has 0 saturated carbocycles. The van der Waals surface area contributed by atoms with Crippen molar-refractivity contribution >= 4 is 11.8 Å². The lowest BCUT2D eigenvalue weighted by molar-refractivity contribution is -0.162. The number of aryl methyl sites for hydroxylation is 1. The Balaban J connectivity index is 1.52. The Morgan fingerprint density at radius 2 is 1.66 bits per heavy atom. The summed E-state index contributed by atoms with van der Waals surface area (Å²) in [5.74, 6) is 0.930. The Morgan fingerprint density at radius 1 is 0.969 bits per heavy atom. The third-order valence-electron chi connectivity index (χ3n) is 7.03. The van der Waals surface area contributed by atoms with Gasteiger partial charge in [-0.25, -0.2) is 0 Å². The van der Waals surface area contributed by atoms with E-state index in [1.807, 2.05) is 4.90 Å². The molecule has 178 valence electrons. The average molecular weight is 442 g/mol. The highest BCUT2D eigenvalue weighted by Crippen LogP contribution is 2.34. The van der Waals surface area contributed by atoms with Crippen molar-refractivity contribution in [1.82, 2.24) is 15.1 Å². The van der Waals surface area contributed by atoms with Crippen LogP contribution in [0.4, 0.5) is 0 Å². The van der Waals surface area contributed by atoms with Crippen LogP contribution in [0.25, 0.3) is 0 Å². The maximum atomic E-state index is 13.4. The zero-order valence-corrected chi connectivity index (χ0v) is 20.6. The molecule has 0 aliphatic carbocycles. The van der Waals surface area contributed by atoms with E-state index in [0.717, 1.165) is 38.9 Å². The molecular weight excluding hydrogens is 398 g/mol. The lowest BCUT2D eigenvalue weighted by Crippen LogP contribution is -2.73. The van der Waals surface area contributed by atoms with Crippen molar-refractivity contribution in [2.24, 2.45) is 11.8 Å². The van der Waals surface area contributed by atoms with Crippen molar-refractivity contribution in [3.8, 4) is 0 Å². The number of nitrogens with zero attached hydrogens (tertiary/aromatic N) is 2. The largest absolute Gasteiger partial charge is 0.342 e. The quantitative estimate of drug-likeness (QED) is 0.552. The first-order chi connectivity index (χ1) is 15.3. The van der Waals surface area contributed by atoms with Gasteiger partial charge < -0.3 is 15.1 Å². The number of likely N-dealkylation sites (tertiary alicyclic amines) is 1. The SMILES string of the molecule is CC(C)C[C@@H]1NC(=O)C2(CCN(CCCCCc3ccccc3)CC2)N(CC(C)C)C1=O. The molecule has 1 atom stereocenters. The zero-order chi connectivity index (χ0) is 23.1. The van der Waals surface area contributed by atoms with E-state index in [1.165, 1.54) is 24.8 Å². The number of rotatable bonds is 10. The van der Waals surface area contributed by atoms with Gasteiger partial charge in [0.2, 0.25) is 11.8 Å². The van der Waals surface area contributed by atoms with Gasteiger partial charge in [0.1, 0.15) is 11.6 Å². The molecule has 2 amide bonds. The highest BCUT2D eigenvalue weighted by atomic mass is 16.2. The lowest BCUT2D eigenvalue weighted by Gasteiger charge is -2.52. The van der Waals surface area contributed by atoms with Gasteiger partial charge in [0.05, 0.1) is 0 Å². The standard InChI is InChI=1S/C27H43N3O2/c1-21(2)19-24-25(31)30(20-22(3)4)27(26(32)28-24)14-17-29(18-15-27)16-10-6-9-13-23-11-7-5-8-12-23/h5,7-8,11-12,21-22,24H,6,9-10,13-20H2,1-4H3,(H,28,32)/t24-/m0/s1. The topological polar surface area (TPSA) is 52.7 Å². The number of hydrogen-bond donors (Lipinski definition) is 1. The molecule has 0 aromatic heterocycles. The number of carbonyl (C=O) groups is 2. The van der Waals surface area contributed by atoms with Crippen LogP contribution < -0.4 is 5.32 Å². The summed E-state index contributed by atoms with van der Waals surface area (Å²) in [5.41, 5.74) is 0.764. The van der Waals surface area contributed by atoms with Crippen LogP contribution in [-0.4, -0.2) is 59.4 Å². The van der Waals surface area contributed by atoms with Crippen LogP contribution in [0.15, 0.2) is 30.3 Å². The predicted octanol–water partition coefficient (Wildman–Crippen LogP) is 4.26. The first-order valence-electron chi connectivity index (χ1n) is 12.7. The molecule has 5 heteroatoms. The van der Waals surface area contributed by atoms with Crippen molar-refractivity contribution in [2.45, 2.75) is 84.2 Å². The number of piperazine rings is 1. The number of piperidine rings is 1. The van der Waals surface area contributed by atoms with Crippen LogP contribution in [0.1, 0.15) is 71.8 Å². The summed E-state index contributed by atoms with van der Waals surface area (Å²) in [6.07, 6.45) is 6.99. The van der Waals surface area contributed by atoms with Gasteiger partial charge in [0, 0.05) is 19.6 Å². The van der Waals surface area contributed by atoms with E-state index in [4.69, 9.17) is 0 Å². The summed E-state index contributed by atoms with van der Waals surface area (Å²) in [7, 11) is 0. The van der Waals surface area contributed by atoms with Crippen LogP contribution in [0.5, 0.6) is 0 Å². The van der Waals surface area contributed by atoms with Crippen molar-refractivity contribution < 1.29 is 9.59 Å². The number of unbranched alkanes of at least 4 members (excludes halogenated alkanes) is 2. The van der Waals surface area contributed by atoms with Crippen LogP contribution in [0.2, 0.25) is 0 Å². The van der Waals surface area contributed by atoms with Crippen LogP contribution in [0, 0.1) is 11.8 Å². The van der Waals surface area contributed by atoms with E-state index < -0.39 is 5.54 Å². The number of carbonyl (C=O) groups excluding carboxylic acids is 2. The van der Waals surface area contributed by atoms with E-state index in [2.05, 4.69) is 68.2 Å². The molecular formula is C27H43N3O2. The Labute approximate surface area is 194 Å². The maximum absolute atomic E-state index is 13.4. The lowest BCUT2D eigenvalue weighted by atomic mass is 9.80. The molecule has 5 nitrogen and oxygen atoms in total. The second kappa shape index (κ2) is 11.3. The fraction of sp³-hybridized carbons (Fsp3) is 0.704. The summed E-state index contributed by atoms with van der Waals surface area (Å²) >= 11 is 0. The number of amides is 2. The molecule has 2 fully saturated rings. The van der Waals surface area contributed by atoms with Gasteiger partial charge in [0.25, 0.3) is 0 Å². The molecule has 1 N–H and O–H groups in total. The van der Waals surface area contributed by atoms with Crippen LogP contribution >= 0.6 is 0 Å². The molecule has 2 aliphatic heterocycles. The minimum absolute atomic E-state index is 0.0749. The Morgan fingerprint density at radius 3 is 2.28 bits per heavy atom. The molecule has 1 spiro atoms. The zero-order valence-electron chi connectivity index (χ0n) is 20.6. The molecule has 2 heterocycles. The van der Waals surface area contributed by atoms with Gasteiger partial charge in [-0.2, -0.15) is 0 Å². The number of nitrogens with one attached hydrogen (secondary N) is 1.